The van der Waals surface area contributed by atoms with Crippen LogP contribution in [0, 0.1) is 0 Å². The molecule has 1 aliphatic heterocycles. The summed E-state index contributed by atoms with van der Waals surface area (Å²) in [6.45, 7) is 3.08. The predicted octanol–water partition coefficient (Wildman–Crippen LogP) is 1.89. The molecule has 0 atom stereocenters. The maximum Gasteiger partial charge on any atom is 0.226 e. The lowest BCUT2D eigenvalue weighted by molar-refractivity contribution is 0.122. The average Bonchev–Trinajstić information content (AvgIpc) is 2.56. The van der Waals surface area contributed by atoms with Crippen LogP contribution in [0.4, 0.5) is 11.8 Å². The third-order valence-electron chi connectivity index (χ3n) is 3.28. The van der Waals surface area contributed by atoms with Gasteiger partial charge in [0.2, 0.25) is 5.95 Å². The van der Waals surface area contributed by atoms with Gasteiger partial charge >= 0.3 is 0 Å². The summed E-state index contributed by atoms with van der Waals surface area (Å²) >= 11 is 2.31. The van der Waals surface area contributed by atoms with Crippen LogP contribution in [-0.2, 0) is 9.16 Å². The van der Waals surface area contributed by atoms with Crippen LogP contribution in [0.5, 0.6) is 0 Å². The second kappa shape index (κ2) is 6.52. The van der Waals surface area contributed by atoms with Crippen molar-refractivity contribution >= 4 is 34.4 Å². The minimum atomic E-state index is 0.510. The molecule has 2 aromatic rings. The Kier molecular flexibility index (Phi) is 4.49. The van der Waals surface area contributed by atoms with Gasteiger partial charge in [-0.15, -0.1) is 0 Å². The Morgan fingerprint density at radius 3 is 2.71 bits per heavy atom. The normalized spacial score (nSPS) is 15.2. The van der Waals surface area contributed by atoms with Crippen molar-refractivity contribution < 1.29 is 4.74 Å². The molecule has 1 fully saturated rings. The molecule has 0 spiro atoms. The van der Waals surface area contributed by atoms with Crippen LogP contribution < -0.4 is 10.6 Å². The number of halogens is 1. The van der Waals surface area contributed by atoms with Crippen molar-refractivity contribution in [2.24, 2.45) is 0 Å². The van der Waals surface area contributed by atoms with Crippen LogP contribution in [0.25, 0.3) is 11.3 Å². The molecule has 21 heavy (non-hydrogen) atoms. The number of pyridine rings is 1. The number of rotatable bonds is 3. The monoisotopic (exact) mass is 397 g/mol. The summed E-state index contributed by atoms with van der Waals surface area (Å²) in [7, 11) is 0. The standard InChI is InChI=1S/C14H16IN5O/c15-8-11-7-12(10-1-2-13(16)17-9-10)19-14(18-11)20-3-5-21-6-4-20/h1-2,7,9H,3-6,8H2,(H2,16,17). The lowest BCUT2D eigenvalue weighted by Crippen LogP contribution is -2.37. The van der Waals surface area contributed by atoms with Crippen molar-refractivity contribution in [1.29, 1.82) is 0 Å². The molecule has 0 aromatic carbocycles. The highest BCUT2D eigenvalue weighted by atomic mass is 127. The number of nitrogens with two attached hydrogens (primary N) is 1. The fourth-order valence-corrected chi connectivity index (χ4v) is 2.55. The highest BCUT2D eigenvalue weighted by Crippen LogP contribution is 2.22. The summed E-state index contributed by atoms with van der Waals surface area (Å²) in [6, 6.07) is 5.73. The zero-order valence-corrected chi connectivity index (χ0v) is 13.7. The van der Waals surface area contributed by atoms with Crippen LogP contribution in [0.2, 0.25) is 0 Å². The Bertz CT molecular complexity index is 613. The van der Waals surface area contributed by atoms with Crippen molar-refractivity contribution in [1.82, 2.24) is 15.0 Å². The van der Waals surface area contributed by atoms with Crippen molar-refractivity contribution in [3.8, 4) is 11.3 Å². The van der Waals surface area contributed by atoms with Crippen LogP contribution in [0.1, 0.15) is 5.69 Å². The van der Waals surface area contributed by atoms with Gasteiger partial charge < -0.3 is 15.4 Å². The summed E-state index contributed by atoms with van der Waals surface area (Å²) in [5, 5.41) is 0. The minimum absolute atomic E-state index is 0.510. The molecule has 3 heterocycles. The molecule has 1 saturated heterocycles. The van der Waals surface area contributed by atoms with E-state index in [1.807, 2.05) is 12.1 Å². The SMILES string of the molecule is Nc1ccc(-c2cc(CI)nc(N3CCOCC3)n2)cn1. The summed E-state index contributed by atoms with van der Waals surface area (Å²) in [6.07, 6.45) is 1.75. The van der Waals surface area contributed by atoms with Crippen LogP contribution >= 0.6 is 22.6 Å². The molecule has 1 aliphatic rings. The topological polar surface area (TPSA) is 77.2 Å². The Hall–Kier alpha value is -1.48. The zero-order chi connectivity index (χ0) is 14.7. The van der Waals surface area contributed by atoms with Crippen molar-refractivity contribution in [2.45, 2.75) is 4.43 Å². The van der Waals surface area contributed by atoms with Gasteiger partial charge in [0, 0.05) is 29.3 Å². The van der Waals surface area contributed by atoms with Crippen molar-refractivity contribution in [2.75, 3.05) is 36.9 Å². The maximum atomic E-state index is 5.64. The lowest BCUT2D eigenvalue weighted by Gasteiger charge is -2.27. The molecule has 0 saturated carbocycles. The van der Waals surface area contributed by atoms with E-state index in [0.29, 0.717) is 5.82 Å². The number of aromatic nitrogens is 3. The Morgan fingerprint density at radius 1 is 1.24 bits per heavy atom. The first-order valence-electron chi connectivity index (χ1n) is 6.75. The van der Waals surface area contributed by atoms with Crippen molar-refractivity contribution in [3.05, 3.63) is 30.1 Å². The first-order chi connectivity index (χ1) is 10.3. The minimum Gasteiger partial charge on any atom is -0.384 e. The van der Waals surface area contributed by atoms with E-state index >= 15 is 0 Å². The van der Waals surface area contributed by atoms with E-state index in [4.69, 9.17) is 10.5 Å². The number of nitrogen functional groups attached to an aromatic ring is 1. The second-order valence-electron chi connectivity index (χ2n) is 4.75. The first kappa shape index (κ1) is 14.5. The highest BCUT2D eigenvalue weighted by Gasteiger charge is 2.16. The van der Waals surface area contributed by atoms with Gasteiger partial charge in [0.1, 0.15) is 5.82 Å². The zero-order valence-electron chi connectivity index (χ0n) is 11.5. The van der Waals surface area contributed by atoms with E-state index in [1.54, 1.807) is 12.3 Å². The van der Waals surface area contributed by atoms with E-state index in [2.05, 4.69) is 42.4 Å². The van der Waals surface area contributed by atoms with Crippen molar-refractivity contribution in [3.63, 3.8) is 0 Å². The third-order valence-corrected chi connectivity index (χ3v) is 4.06. The average molecular weight is 397 g/mol. The molecule has 0 aliphatic carbocycles. The van der Waals surface area contributed by atoms with Gasteiger partial charge in [-0.1, -0.05) is 22.6 Å². The molecule has 0 bridgehead atoms. The van der Waals surface area contributed by atoms with Crippen LogP contribution in [0.3, 0.4) is 0 Å². The van der Waals surface area contributed by atoms with Gasteiger partial charge in [-0.3, -0.25) is 0 Å². The number of alkyl halides is 1. The molecule has 0 radical (unpaired) electrons. The predicted molar refractivity (Wildman–Crippen MR) is 90.4 cm³/mol. The van der Waals surface area contributed by atoms with Gasteiger partial charge in [0.15, 0.2) is 0 Å². The smallest absolute Gasteiger partial charge is 0.226 e. The number of hydrogen-bond donors (Lipinski definition) is 1. The number of morpholine rings is 1. The van der Waals surface area contributed by atoms with E-state index < -0.39 is 0 Å². The van der Waals surface area contributed by atoms with Crippen LogP contribution in [-0.4, -0.2) is 41.3 Å². The Labute approximate surface area is 136 Å². The van der Waals surface area contributed by atoms with Gasteiger partial charge in [-0.05, 0) is 18.2 Å². The van der Waals surface area contributed by atoms with E-state index in [-0.39, 0.29) is 0 Å². The summed E-state index contributed by atoms with van der Waals surface area (Å²) < 4.78 is 6.22. The number of ether oxygens (including phenoxy) is 1. The third kappa shape index (κ3) is 3.41. The van der Waals surface area contributed by atoms with E-state index in [9.17, 15) is 0 Å². The largest absolute Gasteiger partial charge is 0.384 e. The fourth-order valence-electron chi connectivity index (χ4n) is 2.16. The summed E-state index contributed by atoms with van der Waals surface area (Å²) in [4.78, 5) is 15.6. The Morgan fingerprint density at radius 2 is 2.05 bits per heavy atom. The first-order valence-corrected chi connectivity index (χ1v) is 8.27. The van der Waals surface area contributed by atoms with Crippen LogP contribution in [0.15, 0.2) is 24.4 Å². The van der Waals surface area contributed by atoms with E-state index in [0.717, 1.165) is 53.6 Å². The molecule has 0 unspecified atom stereocenters. The Balaban J connectivity index is 1.98. The van der Waals surface area contributed by atoms with Gasteiger partial charge in [-0.25, -0.2) is 15.0 Å². The number of anilines is 2. The molecule has 6 nitrogen and oxygen atoms in total. The molecule has 3 rings (SSSR count). The number of hydrogen-bond acceptors (Lipinski definition) is 6. The fraction of sp³-hybridized carbons (Fsp3) is 0.357. The van der Waals surface area contributed by atoms with E-state index in [1.165, 1.54) is 0 Å². The van der Waals surface area contributed by atoms with Gasteiger partial charge in [0.25, 0.3) is 0 Å². The molecule has 2 N–H and O–H groups in total. The maximum absolute atomic E-state index is 5.64. The number of nitrogens with zero attached hydrogens (tertiary/aromatic N) is 4. The second-order valence-corrected chi connectivity index (χ2v) is 5.51. The lowest BCUT2D eigenvalue weighted by atomic mass is 10.2. The summed E-state index contributed by atoms with van der Waals surface area (Å²) in [5.74, 6) is 1.27. The molecular weight excluding hydrogens is 381 g/mol. The molecular formula is C14H16IN5O. The summed E-state index contributed by atoms with van der Waals surface area (Å²) in [5.41, 5.74) is 8.48. The molecule has 2 aromatic heterocycles. The van der Waals surface area contributed by atoms with Gasteiger partial charge in [0.05, 0.1) is 24.6 Å². The quantitative estimate of drug-likeness (QED) is 0.630. The molecule has 0 amide bonds. The molecule has 110 valence electrons. The molecule has 7 heteroatoms. The highest BCUT2D eigenvalue weighted by molar-refractivity contribution is 14.1. The van der Waals surface area contributed by atoms with Gasteiger partial charge in [-0.2, -0.15) is 0 Å².